The van der Waals surface area contributed by atoms with E-state index in [1.165, 1.54) is 15.7 Å². The van der Waals surface area contributed by atoms with Crippen LogP contribution in [-0.2, 0) is 11.4 Å². The van der Waals surface area contributed by atoms with Crippen LogP contribution < -0.4 is 9.47 Å². The molecule has 0 radical (unpaired) electrons. The summed E-state index contributed by atoms with van der Waals surface area (Å²) < 4.78 is 12.0. The topological polar surface area (TPSA) is 55.8 Å². The van der Waals surface area contributed by atoms with Crippen molar-refractivity contribution in [3.63, 3.8) is 0 Å². The molecule has 4 aromatic rings. The van der Waals surface area contributed by atoms with Crippen molar-refractivity contribution in [1.82, 2.24) is 4.90 Å². The van der Waals surface area contributed by atoms with Gasteiger partial charge in [0.05, 0.1) is 11.4 Å². The van der Waals surface area contributed by atoms with Crippen LogP contribution in [0.15, 0.2) is 89.8 Å². The Kier molecular flexibility index (Phi) is 8.03. The number of nitrogens with zero attached hydrogens (tertiary/aromatic N) is 1. The van der Waals surface area contributed by atoms with Crippen molar-refractivity contribution in [3.8, 4) is 11.5 Å². The van der Waals surface area contributed by atoms with Crippen LogP contribution in [0.25, 0.3) is 16.8 Å². The average molecular weight is 538 g/mol. The van der Waals surface area contributed by atoms with Gasteiger partial charge in [-0.15, -0.1) is 0 Å². The number of rotatable bonds is 9. The Morgan fingerprint density at radius 3 is 2.41 bits per heavy atom. The molecule has 0 N–H and O–H groups in total. The number of hydrogen-bond donors (Lipinski definition) is 0. The van der Waals surface area contributed by atoms with Gasteiger partial charge in [0.1, 0.15) is 24.7 Å². The summed E-state index contributed by atoms with van der Waals surface area (Å²) in [6, 6.07) is 28.2. The molecule has 0 bridgehead atoms. The van der Waals surface area contributed by atoms with Crippen LogP contribution in [0.4, 0.5) is 4.79 Å². The smallest absolute Gasteiger partial charge is 0.293 e. The zero-order valence-corrected chi connectivity index (χ0v) is 23.2. The molecule has 0 aromatic heterocycles. The summed E-state index contributed by atoms with van der Waals surface area (Å²) in [5.41, 5.74) is 4.14. The summed E-state index contributed by atoms with van der Waals surface area (Å²) in [7, 11) is 0. The lowest BCUT2D eigenvalue weighted by molar-refractivity contribution is -0.123. The Labute approximate surface area is 233 Å². The summed E-state index contributed by atoms with van der Waals surface area (Å²) in [5, 5.41) is 2.11. The molecule has 1 aliphatic heterocycles. The number of carbonyl (C=O) groups excluding carboxylic acids is 2. The van der Waals surface area contributed by atoms with Gasteiger partial charge in [0.15, 0.2) is 0 Å². The van der Waals surface area contributed by atoms with E-state index in [1.807, 2.05) is 49.4 Å². The number of ether oxygens (including phenoxy) is 2. The number of thioether (sulfide) groups is 1. The summed E-state index contributed by atoms with van der Waals surface area (Å²) >= 11 is 0.958. The van der Waals surface area contributed by atoms with Gasteiger partial charge in [-0.05, 0) is 88.0 Å². The molecule has 5 nitrogen and oxygen atoms in total. The van der Waals surface area contributed by atoms with Crippen molar-refractivity contribution in [3.05, 3.63) is 112 Å². The molecule has 1 fully saturated rings. The maximum Gasteiger partial charge on any atom is 0.293 e. The molecule has 0 saturated carbocycles. The SMILES string of the molecule is Cc1ccc(C(C)C)c(OCCN2C(=O)S/C(=C\c3ccc(OCc4ccc5ccccc5c4)cc3)C2=O)c1. The largest absolute Gasteiger partial charge is 0.491 e. The molecule has 4 aromatic carbocycles. The van der Waals surface area contributed by atoms with E-state index in [4.69, 9.17) is 9.47 Å². The molecule has 0 aliphatic carbocycles. The first-order chi connectivity index (χ1) is 18.9. The standard InChI is InChI=1S/C33H31NO4S/c1-22(2)29-15-8-23(3)18-30(29)37-17-16-34-32(35)31(39-33(34)36)20-24-10-13-28(14-11-24)38-21-25-9-12-26-6-4-5-7-27(26)19-25/h4-15,18-20,22H,16-17,21H2,1-3H3/b31-20-. The third-order valence-corrected chi connectivity index (χ3v) is 7.54. The fourth-order valence-electron chi connectivity index (χ4n) is 4.49. The highest BCUT2D eigenvalue weighted by atomic mass is 32.2. The van der Waals surface area contributed by atoms with Crippen molar-refractivity contribution in [2.75, 3.05) is 13.2 Å². The first-order valence-corrected chi connectivity index (χ1v) is 13.9. The number of hydrogen-bond acceptors (Lipinski definition) is 5. The van der Waals surface area contributed by atoms with E-state index in [2.05, 4.69) is 56.3 Å². The molecule has 0 unspecified atom stereocenters. The molecule has 39 heavy (non-hydrogen) atoms. The maximum absolute atomic E-state index is 12.9. The quantitative estimate of drug-likeness (QED) is 0.203. The van der Waals surface area contributed by atoms with E-state index in [-0.39, 0.29) is 24.3 Å². The second kappa shape index (κ2) is 11.8. The molecule has 1 aliphatic rings. The molecule has 198 valence electrons. The van der Waals surface area contributed by atoms with Gasteiger partial charge in [0, 0.05) is 0 Å². The van der Waals surface area contributed by atoms with Crippen LogP contribution in [0.1, 0.15) is 42.0 Å². The second-order valence-corrected chi connectivity index (χ2v) is 10.9. The molecule has 2 amide bonds. The van der Waals surface area contributed by atoms with E-state index in [1.54, 1.807) is 6.08 Å². The monoisotopic (exact) mass is 537 g/mol. The van der Waals surface area contributed by atoms with Gasteiger partial charge in [-0.2, -0.15) is 0 Å². The number of carbonyl (C=O) groups is 2. The predicted molar refractivity (Wildman–Crippen MR) is 158 cm³/mol. The number of aryl methyl sites for hydroxylation is 1. The molecule has 1 heterocycles. The lowest BCUT2D eigenvalue weighted by Gasteiger charge is -2.17. The van der Waals surface area contributed by atoms with Crippen molar-refractivity contribution < 1.29 is 19.1 Å². The Bertz CT molecular complexity index is 1540. The second-order valence-electron chi connectivity index (χ2n) is 9.92. The number of imide groups is 1. The molecule has 0 atom stereocenters. The van der Waals surface area contributed by atoms with Gasteiger partial charge in [-0.3, -0.25) is 14.5 Å². The van der Waals surface area contributed by atoms with Crippen LogP contribution in [-0.4, -0.2) is 29.2 Å². The number of benzene rings is 4. The van der Waals surface area contributed by atoms with E-state index in [0.29, 0.717) is 17.4 Å². The zero-order chi connectivity index (χ0) is 27.4. The molecule has 5 rings (SSSR count). The minimum atomic E-state index is -0.293. The van der Waals surface area contributed by atoms with Crippen molar-refractivity contribution in [2.45, 2.75) is 33.3 Å². The van der Waals surface area contributed by atoms with Gasteiger partial charge in [-0.25, -0.2) is 0 Å². The first-order valence-electron chi connectivity index (χ1n) is 13.1. The van der Waals surface area contributed by atoms with Crippen LogP contribution >= 0.6 is 11.8 Å². The van der Waals surface area contributed by atoms with E-state index >= 15 is 0 Å². The molecule has 0 spiro atoms. The fourth-order valence-corrected chi connectivity index (χ4v) is 5.36. The Hall–Kier alpha value is -4.03. The third-order valence-electron chi connectivity index (χ3n) is 6.63. The molecule has 1 saturated heterocycles. The van der Waals surface area contributed by atoms with Gasteiger partial charge in [0.25, 0.3) is 11.1 Å². The molecular weight excluding hydrogens is 506 g/mol. The summed E-state index contributed by atoms with van der Waals surface area (Å²) in [5.74, 6) is 1.56. The lowest BCUT2D eigenvalue weighted by Crippen LogP contribution is -2.32. The highest BCUT2D eigenvalue weighted by Crippen LogP contribution is 2.33. The number of amides is 2. The summed E-state index contributed by atoms with van der Waals surface area (Å²) in [4.78, 5) is 27.2. The Morgan fingerprint density at radius 1 is 0.872 bits per heavy atom. The lowest BCUT2D eigenvalue weighted by atomic mass is 10.0. The maximum atomic E-state index is 12.9. The van der Waals surface area contributed by atoms with Gasteiger partial charge in [0.2, 0.25) is 0 Å². The number of fused-ring (bicyclic) bond motifs is 1. The fraction of sp³-hybridized carbons (Fsp3) is 0.212. The van der Waals surface area contributed by atoms with E-state index in [9.17, 15) is 9.59 Å². The van der Waals surface area contributed by atoms with Crippen molar-refractivity contribution >= 4 is 39.8 Å². The van der Waals surface area contributed by atoms with Crippen LogP contribution in [0.3, 0.4) is 0 Å². The van der Waals surface area contributed by atoms with Gasteiger partial charge >= 0.3 is 0 Å². The average Bonchev–Trinajstić information content (AvgIpc) is 3.19. The predicted octanol–water partition coefficient (Wildman–Crippen LogP) is 7.97. The van der Waals surface area contributed by atoms with Crippen LogP contribution in [0, 0.1) is 6.92 Å². The minimum absolute atomic E-state index is 0.203. The van der Waals surface area contributed by atoms with Crippen molar-refractivity contribution in [1.29, 1.82) is 0 Å². The Morgan fingerprint density at radius 2 is 1.64 bits per heavy atom. The van der Waals surface area contributed by atoms with Gasteiger partial charge in [-0.1, -0.05) is 74.5 Å². The Balaban J connectivity index is 1.17. The first kappa shape index (κ1) is 26.6. The van der Waals surface area contributed by atoms with Crippen molar-refractivity contribution in [2.24, 2.45) is 0 Å². The van der Waals surface area contributed by atoms with E-state index < -0.39 is 0 Å². The summed E-state index contributed by atoms with van der Waals surface area (Å²) in [6.07, 6.45) is 1.75. The highest BCUT2D eigenvalue weighted by molar-refractivity contribution is 8.18. The van der Waals surface area contributed by atoms with Crippen LogP contribution in [0.5, 0.6) is 11.5 Å². The summed E-state index contributed by atoms with van der Waals surface area (Å²) in [6.45, 7) is 7.16. The molecular formula is C33H31NO4S. The minimum Gasteiger partial charge on any atom is -0.491 e. The highest BCUT2D eigenvalue weighted by Gasteiger charge is 2.34. The third kappa shape index (κ3) is 6.35. The molecule has 6 heteroatoms. The van der Waals surface area contributed by atoms with Crippen LogP contribution in [0.2, 0.25) is 0 Å². The van der Waals surface area contributed by atoms with E-state index in [0.717, 1.165) is 45.5 Å². The normalized spacial score (nSPS) is 14.6. The van der Waals surface area contributed by atoms with Gasteiger partial charge < -0.3 is 9.47 Å². The zero-order valence-electron chi connectivity index (χ0n) is 22.3.